The maximum atomic E-state index is 13.1. The number of carbonyl (C=O) groups excluding carboxylic acids is 1. The number of hydrogen-bond donors (Lipinski definition) is 0. The van der Waals surface area contributed by atoms with Crippen molar-refractivity contribution in [2.75, 3.05) is 7.11 Å². The molecule has 0 saturated heterocycles. The maximum absolute atomic E-state index is 13.1. The van der Waals surface area contributed by atoms with Gasteiger partial charge in [0, 0.05) is 12.5 Å². The number of rotatable bonds is 9. The molecular weight excluding hydrogens is 400 g/mol. The van der Waals surface area contributed by atoms with E-state index in [4.69, 9.17) is 14.2 Å². The standard InChI is InChI=1S/C28H48O4/c1-10-20-14-16-24(30-9)23(17-20)28(8,12-3)27(6,7)32-26(29)31-25-18-21(11-2)13-15-22(25)19(4)5/h10-11,19-25H,1-2,12-18H2,3-9H3. The Morgan fingerprint density at radius 1 is 1.00 bits per heavy atom. The van der Waals surface area contributed by atoms with Crippen LogP contribution < -0.4 is 0 Å². The Kier molecular flexibility index (Phi) is 9.46. The molecule has 2 aliphatic carbocycles. The molecule has 0 radical (unpaired) electrons. The molecule has 0 heterocycles. The Balaban J connectivity index is 2.18. The quantitative estimate of drug-likeness (QED) is 0.269. The molecule has 0 spiro atoms. The zero-order chi connectivity index (χ0) is 24.1. The van der Waals surface area contributed by atoms with Gasteiger partial charge < -0.3 is 14.2 Å². The first kappa shape index (κ1) is 27.0. The topological polar surface area (TPSA) is 44.8 Å². The van der Waals surface area contributed by atoms with Crippen molar-refractivity contribution in [1.82, 2.24) is 0 Å². The van der Waals surface area contributed by atoms with Crippen molar-refractivity contribution in [2.24, 2.45) is 35.0 Å². The Morgan fingerprint density at radius 2 is 1.59 bits per heavy atom. The first-order valence-electron chi connectivity index (χ1n) is 12.7. The predicted octanol–water partition coefficient (Wildman–Crippen LogP) is 7.58. The molecule has 0 bridgehead atoms. The van der Waals surface area contributed by atoms with E-state index in [2.05, 4.69) is 46.9 Å². The average Bonchev–Trinajstić information content (AvgIpc) is 2.76. The maximum Gasteiger partial charge on any atom is 0.509 e. The fourth-order valence-electron chi connectivity index (χ4n) is 6.24. The van der Waals surface area contributed by atoms with Crippen LogP contribution >= 0.6 is 0 Å². The van der Waals surface area contributed by atoms with Crippen molar-refractivity contribution < 1.29 is 19.0 Å². The van der Waals surface area contributed by atoms with Gasteiger partial charge >= 0.3 is 6.16 Å². The van der Waals surface area contributed by atoms with E-state index in [1.54, 1.807) is 7.11 Å². The summed E-state index contributed by atoms with van der Waals surface area (Å²) in [5.74, 6) is 1.99. The summed E-state index contributed by atoms with van der Waals surface area (Å²) < 4.78 is 18.1. The number of carbonyl (C=O) groups is 1. The van der Waals surface area contributed by atoms with E-state index in [0.717, 1.165) is 44.9 Å². The molecule has 7 unspecified atom stereocenters. The molecule has 2 rings (SSSR count). The van der Waals surface area contributed by atoms with Crippen LogP contribution in [0.1, 0.15) is 86.5 Å². The summed E-state index contributed by atoms with van der Waals surface area (Å²) in [5, 5.41) is 0. The monoisotopic (exact) mass is 448 g/mol. The van der Waals surface area contributed by atoms with Crippen molar-refractivity contribution in [3.8, 4) is 0 Å². The molecule has 0 aromatic carbocycles. The fraction of sp³-hybridized carbons (Fsp3) is 0.821. The zero-order valence-electron chi connectivity index (χ0n) is 21.7. The van der Waals surface area contributed by atoms with E-state index in [9.17, 15) is 4.79 Å². The summed E-state index contributed by atoms with van der Waals surface area (Å²) in [6.07, 6.45) is 10.6. The van der Waals surface area contributed by atoms with Crippen LogP contribution in [0.2, 0.25) is 0 Å². The Bertz CT molecular complexity index is 639. The smallest absolute Gasteiger partial charge is 0.431 e. The van der Waals surface area contributed by atoms with Crippen LogP contribution in [-0.4, -0.2) is 31.1 Å². The van der Waals surface area contributed by atoms with Crippen molar-refractivity contribution in [3.05, 3.63) is 25.3 Å². The number of hydrogen-bond acceptors (Lipinski definition) is 4. The third kappa shape index (κ3) is 5.79. The van der Waals surface area contributed by atoms with Crippen LogP contribution in [0.3, 0.4) is 0 Å². The lowest BCUT2D eigenvalue weighted by molar-refractivity contribution is -0.155. The molecule has 0 N–H and O–H groups in total. The van der Waals surface area contributed by atoms with E-state index in [-0.39, 0.29) is 23.5 Å². The Hall–Kier alpha value is -1.29. The van der Waals surface area contributed by atoms with Gasteiger partial charge in [-0.05, 0) is 88.4 Å². The Morgan fingerprint density at radius 3 is 2.12 bits per heavy atom. The lowest BCUT2D eigenvalue weighted by Crippen LogP contribution is -2.54. The molecular formula is C28H48O4. The van der Waals surface area contributed by atoms with Crippen molar-refractivity contribution in [2.45, 2.75) is 104 Å². The van der Waals surface area contributed by atoms with Crippen LogP contribution in [0.15, 0.2) is 25.3 Å². The number of methoxy groups -OCH3 is 1. The van der Waals surface area contributed by atoms with Gasteiger partial charge in [-0.15, -0.1) is 13.2 Å². The minimum absolute atomic E-state index is 0.116. The number of allylic oxidation sites excluding steroid dienone is 2. The molecule has 0 aliphatic heterocycles. The second-order valence-electron chi connectivity index (χ2n) is 11.2. The predicted molar refractivity (Wildman–Crippen MR) is 132 cm³/mol. The second kappa shape index (κ2) is 11.2. The third-order valence-electron chi connectivity index (χ3n) is 9.05. The van der Waals surface area contributed by atoms with Crippen molar-refractivity contribution in [3.63, 3.8) is 0 Å². The van der Waals surface area contributed by atoms with Crippen LogP contribution in [0.25, 0.3) is 0 Å². The average molecular weight is 449 g/mol. The van der Waals surface area contributed by atoms with Crippen LogP contribution in [0, 0.1) is 35.0 Å². The van der Waals surface area contributed by atoms with E-state index in [0.29, 0.717) is 23.7 Å². The summed E-state index contributed by atoms with van der Waals surface area (Å²) in [4.78, 5) is 13.1. The van der Waals surface area contributed by atoms with Gasteiger partial charge in [-0.1, -0.05) is 39.8 Å². The van der Waals surface area contributed by atoms with Gasteiger partial charge in [0.15, 0.2) is 0 Å². The highest BCUT2D eigenvalue weighted by molar-refractivity contribution is 5.61. The summed E-state index contributed by atoms with van der Waals surface area (Å²) in [5.41, 5.74) is -0.939. The first-order valence-corrected chi connectivity index (χ1v) is 12.7. The van der Waals surface area contributed by atoms with E-state index >= 15 is 0 Å². The van der Waals surface area contributed by atoms with Crippen LogP contribution in [0.5, 0.6) is 0 Å². The van der Waals surface area contributed by atoms with Crippen molar-refractivity contribution in [1.29, 1.82) is 0 Å². The van der Waals surface area contributed by atoms with Gasteiger partial charge in [0.05, 0.1) is 6.10 Å². The van der Waals surface area contributed by atoms with Crippen LogP contribution in [0.4, 0.5) is 4.79 Å². The highest BCUT2D eigenvalue weighted by Gasteiger charge is 2.52. The van der Waals surface area contributed by atoms with Crippen molar-refractivity contribution >= 4 is 6.16 Å². The molecule has 0 aromatic heterocycles. The zero-order valence-corrected chi connectivity index (χ0v) is 21.7. The van der Waals surface area contributed by atoms with Gasteiger partial charge in [-0.25, -0.2) is 4.79 Å². The molecule has 4 heteroatoms. The largest absolute Gasteiger partial charge is 0.509 e. The van der Waals surface area contributed by atoms with E-state index in [1.165, 1.54) is 0 Å². The van der Waals surface area contributed by atoms with Gasteiger partial charge in [-0.3, -0.25) is 0 Å². The molecule has 2 aliphatic rings. The third-order valence-corrected chi connectivity index (χ3v) is 9.05. The lowest BCUT2D eigenvalue weighted by atomic mass is 9.58. The Labute approximate surface area is 197 Å². The molecule has 2 saturated carbocycles. The van der Waals surface area contributed by atoms with Crippen LogP contribution in [-0.2, 0) is 14.2 Å². The molecule has 32 heavy (non-hydrogen) atoms. The molecule has 0 aromatic rings. The molecule has 4 nitrogen and oxygen atoms in total. The van der Waals surface area contributed by atoms with E-state index < -0.39 is 11.8 Å². The normalized spacial score (nSPS) is 33.2. The lowest BCUT2D eigenvalue weighted by Gasteiger charge is -2.52. The minimum Gasteiger partial charge on any atom is -0.431 e. The molecule has 184 valence electrons. The second-order valence-corrected chi connectivity index (χ2v) is 11.2. The van der Waals surface area contributed by atoms with Gasteiger partial charge in [0.25, 0.3) is 0 Å². The summed E-state index contributed by atoms with van der Waals surface area (Å²) in [6.45, 7) is 20.9. The minimum atomic E-state index is -0.691. The van der Waals surface area contributed by atoms with E-state index in [1.807, 2.05) is 19.9 Å². The molecule has 7 atom stereocenters. The van der Waals surface area contributed by atoms with Gasteiger partial charge in [0.2, 0.25) is 0 Å². The van der Waals surface area contributed by atoms with Gasteiger partial charge in [0.1, 0.15) is 11.7 Å². The fourth-order valence-corrected chi connectivity index (χ4v) is 6.24. The highest BCUT2D eigenvalue weighted by atomic mass is 16.7. The highest BCUT2D eigenvalue weighted by Crippen LogP contribution is 2.51. The summed E-state index contributed by atoms with van der Waals surface area (Å²) in [6, 6.07) is 0. The number of ether oxygens (including phenoxy) is 3. The summed E-state index contributed by atoms with van der Waals surface area (Å²) >= 11 is 0. The summed E-state index contributed by atoms with van der Waals surface area (Å²) in [7, 11) is 1.80. The first-order chi connectivity index (χ1) is 15.0. The molecule has 0 amide bonds. The SMILES string of the molecule is C=CC1CCC(C(C)C)C(OC(=O)OC(C)(C)C(C)(CC)C2CC(C=C)CCC2OC)C1. The molecule has 2 fully saturated rings. The van der Waals surface area contributed by atoms with Gasteiger partial charge in [-0.2, -0.15) is 0 Å².